The lowest BCUT2D eigenvalue weighted by Gasteiger charge is -2.10. The number of nitrogens with zero attached hydrogens (tertiary/aromatic N) is 2. The minimum absolute atomic E-state index is 0.828. The molecule has 0 saturated heterocycles. The highest BCUT2D eigenvalue weighted by atomic mass is 14.9. The number of aromatic nitrogens is 4. The van der Waals surface area contributed by atoms with Crippen molar-refractivity contribution in [3.8, 4) is 56.4 Å². The number of imidazole rings is 2. The number of hydrogen-bond donors (Lipinski definition) is 2. The van der Waals surface area contributed by atoms with E-state index in [4.69, 9.17) is 4.98 Å². The van der Waals surface area contributed by atoms with Crippen LogP contribution in [0.5, 0.6) is 0 Å². The average Bonchev–Trinajstić information content (AvgIpc) is 3.61. The molecule has 34 heavy (non-hydrogen) atoms. The standard InChI is InChI=1S/C30H22N4/c1-4-10-21(11-5-1)25-17-16-24(29-31-19-27(33-29)22-12-6-2-7-13-22)18-26(25)30-32-20-28(34-30)23-14-8-3-9-15-23/h1-20H,(H,31,33)(H,32,34). The van der Waals surface area contributed by atoms with Crippen molar-refractivity contribution in [3.63, 3.8) is 0 Å². The van der Waals surface area contributed by atoms with Gasteiger partial charge in [0.2, 0.25) is 0 Å². The molecule has 0 aliphatic heterocycles. The Kier molecular flexibility index (Phi) is 5.09. The molecular formula is C30H22N4. The average molecular weight is 439 g/mol. The first-order valence-corrected chi connectivity index (χ1v) is 11.3. The Morgan fingerprint density at radius 3 is 1.50 bits per heavy atom. The first kappa shape index (κ1) is 19.9. The maximum absolute atomic E-state index is 4.75. The van der Waals surface area contributed by atoms with Gasteiger partial charge in [-0.25, -0.2) is 9.97 Å². The smallest absolute Gasteiger partial charge is 0.138 e. The van der Waals surface area contributed by atoms with E-state index in [-0.39, 0.29) is 0 Å². The van der Waals surface area contributed by atoms with E-state index in [1.54, 1.807) is 0 Å². The predicted octanol–water partition coefficient (Wildman–Crippen LogP) is 7.47. The van der Waals surface area contributed by atoms with Crippen molar-refractivity contribution >= 4 is 0 Å². The topological polar surface area (TPSA) is 57.4 Å². The highest BCUT2D eigenvalue weighted by Crippen LogP contribution is 2.35. The van der Waals surface area contributed by atoms with Gasteiger partial charge in [-0.05, 0) is 28.3 Å². The summed E-state index contributed by atoms with van der Waals surface area (Å²) in [6, 6.07) is 37.3. The first-order valence-electron chi connectivity index (χ1n) is 11.3. The second kappa shape index (κ2) is 8.68. The highest BCUT2D eigenvalue weighted by molar-refractivity contribution is 5.85. The molecule has 162 valence electrons. The molecule has 0 bridgehead atoms. The minimum Gasteiger partial charge on any atom is -0.338 e. The fourth-order valence-corrected chi connectivity index (χ4v) is 4.21. The van der Waals surface area contributed by atoms with E-state index in [0.717, 1.165) is 56.4 Å². The fraction of sp³-hybridized carbons (Fsp3) is 0. The lowest BCUT2D eigenvalue weighted by atomic mass is 9.97. The van der Waals surface area contributed by atoms with Gasteiger partial charge < -0.3 is 9.97 Å². The van der Waals surface area contributed by atoms with Gasteiger partial charge in [0.1, 0.15) is 11.6 Å². The maximum atomic E-state index is 4.75. The third-order valence-electron chi connectivity index (χ3n) is 5.95. The molecule has 2 heterocycles. The summed E-state index contributed by atoms with van der Waals surface area (Å²) in [6.07, 6.45) is 3.78. The summed E-state index contributed by atoms with van der Waals surface area (Å²) < 4.78 is 0. The van der Waals surface area contributed by atoms with E-state index in [9.17, 15) is 0 Å². The molecule has 4 heteroatoms. The Morgan fingerprint density at radius 2 is 0.912 bits per heavy atom. The van der Waals surface area contributed by atoms with Crippen molar-refractivity contribution in [2.24, 2.45) is 0 Å². The van der Waals surface area contributed by atoms with Gasteiger partial charge in [0.05, 0.1) is 23.8 Å². The second-order valence-electron chi connectivity index (χ2n) is 8.15. The largest absolute Gasteiger partial charge is 0.338 e. The molecule has 6 aromatic rings. The zero-order chi connectivity index (χ0) is 22.7. The third-order valence-corrected chi connectivity index (χ3v) is 5.95. The Morgan fingerprint density at radius 1 is 0.412 bits per heavy atom. The van der Waals surface area contributed by atoms with Crippen LogP contribution in [0.4, 0.5) is 0 Å². The van der Waals surface area contributed by atoms with E-state index in [0.29, 0.717) is 0 Å². The second-order valence-corrected chi connectivity index (χ2v) is 8.15. The Bertz CT molecular complexity index is 1530. The summed E-state index contributed by atoms with van der Waals surface area (Å²) in [5, 5.41) is 0. The number of nitrogens with one attached hydrogen (secondary N) is 2. The van der Waals surface area contributed by atoms with E-state index in [2.05, 4.69) is 81.7 Å². The van der Waals surface area contributed by atoms with E-state index in [1.807, 2.05) is 54.9 Å². The summed E-state index contributed by atoms with van der Waals surface area (Å²) in [7, 11) is 0. The van der Waals surface area contributed by atoms with Crippen LogP contribution in [0.3, 0.4) is 0 Å². The van der Waals surface area contributed by atoms with Crippen LogP contribution in [-0.4, -0.2) is 19.9 Å². The van der Waals surface area contributed by atoms with Crippen LogP contribution in [-0.2, 0) is 0 Å². The molecule has 0 spiro atoms. The van der Waals surface area contributed by atoms with Crippen LogP contribution in [0.2, 0.25) is 0 Å². The molecule has 0 unspecified atom stereocenters. The number of aromatic amines is 2. The van der Waals surface area contributed by atoms with Crippen LogP contribution in [0.15, 0.2) is 122 Å². The van der Waals surface area contributed by atoms with Gasteiger partial charge in [-0.15, -0.1) is 0 Å². The Hall–Kier alpha value is -4.70. The molecule has 2 N–H and O–H groups in total. The lowest BCUT2D eigenvalue weighted by Crippen LogP contribution is -1.90. The number of benzene rings is 4. The van der Waals surface area contributed by atoms with Crippen molar-refractivity contribution in [1.29, 1.82) is 0 Å². The molecule has 0 radical (unpaired) electrons. The molecule has 0 aliphatic carbocycles. The van der Waals surface area contributed by atoms with E-state index in [1.165, 1.54) is 0 Å². The molecule has 0 fully saturated rings. The SMILES string of the molecule is c1ccc(-c2cnc(-c3ccc(-c4ccccc4)c(-c4ncc(-c5ccccc5)[nH]4)c3)[nH]2)cc1. The van der Waals surface area contributed by atoms with Crippen molar-refractivity contribution in [3.05, 3.63) is 122 Å². The summed E-state index contributed by atoms with van der Waals surface area (Å²) >= 11 is 0. The Labute approximate surface area is 198 Å². The van der Waals surface area contributed by atoms with Gasteiger partial charge in [-0.1, -0.05) is 103 Å². The summed E-state index contributed by atoms with van der Waals surface area (Å²) in [5.41, 5.74) is 8.51. The molecule has 0 aliphatic rings. The van der Waals surface area contributed by atoms with Crippen LogP contribution in [0.1, 0.15) is 0 Å². The number of H-pyrrole nitrogens is 2. The van der Waals surface area contributed by atoms with Gasteiger partial charge in [0, 0.05) is 11.1 Å². The number of hydrogen-bond acceptors (Lipinski definition) is 2. The van der Waals surface area contributed by atoms with E-state index >= 15 is 0 Å². The van der Waals surface area contributed by atoms with Gasteiger partial charge in [0.25, 0.3) is 0 Å². The third kappa shape index (κ3) is 3.82. The van der Waals surface area contributed by atoms with Crippen LogP contribution >= 0.6 is 0 Å². The van der Waals surface area contributed by atoms with Crippen molar-refractivity contribution in [2.75, 3.05) is 0 Å². The molecular weight excluding hydrogens is 416 g/mol. The maximum Gasteiger partial charge on any atom is 0.138 e. The zero-order valence-electron chi connectivity index (χ0n) is 18.4. The van der Waals surface area contributed by atoms with Crippen molar-refractivity contribution in [1.82, 2.24) is 19.9 Å². The number of rotatable bonds is 5. The zero-order valence-corrected chi connectivity index (χ0v) is 18.4. The minimum atomic E-state index is 0.828. The molecule has 6 rings (SSSR count). The molecule has 0 amide bonds. The summed E-state index contributed by atoms with van der Waals surface area (Å²) in [5.74, 6) is 1.66. The van der Waals surface area contributed by atoms with E-state index < -0.39 is 0 Å². The molecule has 4 aromatic carbocycles. The summed E-state index contributed by atoms with van der Waals surface area (Å²) in [4.78, 5) is 16.4. The van der Waals surface area contributed by atoms with Gasteiger partial charge in [-0.3, -0.25) is 0 Å². The molecule has 2 aromatic heterocycles. The Balaban J connectivity index is 1.45. The molecule has 0 atom stereocenters. The fourth-order valence-electron chi connectivity index (χ4n) is 4.21. The van der Waals surface area contributed by atoms with Crippen LogP contribution < -0.4 is 0 Å². The lowest BCUT2D eigenvalue weighted by molar-refractivity contribution is 1.29. The normalized spacial score (nSPS) is 10.9. The van der Waals surface area contributed by atoms with Gasteiger partial charge in [0.15, 0.2) is 0 Å². The van der Waals surface area contributed by atoms with Gasteiger partial charge >= 0.3 is 0 Å². The molecule has 0 saturated carbocycles. The molecule has 4 nitrogen and oxygen atoms in total. The van der Waals surface area contributed by atoms with Crippen LogP contribution in [0, 0.1) is 0 Å². The monoisotopic (exact) mass is 438 g/mol. The van der Waals surface area contributed by atoms with Crippen LogP contribution in [0.25, 0.3) is 56.4 Å². The van der Waals surface area contributed by atoms with Crippen molar-refractivity contribution in [2.45, 2.75) is 0 Å². The van der Waals surface area contributed by atoms with Gasteiger partial charge in [-0.2, -0.15) is 0 Å². The summed E-state index contributed by atoms with van der Waals surface area (Å²) in [6.45, 7) is 0. The highest BCUT2D eigenvalue weighted by Gasteiger charge is 2.15. The first-order chi connectivity index (χ1) is 16.8. The van der Waals surface area contributed by atoms with Crippen molar-refractivity contribution < 1.29 is 0 Å². The quantitative estimate of drug-likeness (QED) is 0.293. The predicted molar refractivity (Wildman–Crippen MR) is 138 cm³/mol.